The van der Waals surface area contributed by atoms with Crippen molar-refractivity contribution in [1.29, 1.82) is 0 Å². The van der Waals surface area contributed by atoms with Crippen LogP contribution in [-0.4, -0.2) is 47.4 Å². The molecule has 1 saturated heterocycles. The summed E-state index contributed by atoms with van der Waals surface area (Å²) < 4.78 is 48.4. The van der Waals surface area contributed by atoms with Gasteiger partial charge in [-0.15, -0.1) is 0 Å². The number of carbonyl (C=O) groups is 1. The molecule has 174 valence electrons. The number of alkyl carbamates (subject to hydrolysis) is 1. The zero-order valence-electron chi connectivity index (χ0n) is 18.4. The summed E-state index contributed by atoms with van der Waals surface area (Å²) in [6.45, 7) is 8.20. The normalized spacial score (nSPS) is 31.4. The number of carbonyl (C=O) groups excluding carboxylic acids is 1. The molecule has 9 heteroatoms. The van der Waals surface area contributed by atoms with Gasteiger partial charge < -0.3 is 19.5 Å². The SMILES string of the molecule is CC(C)(C)OC(=O)NC1CCC(CCN2CC3C[C@]3(c3cc(C(F)(F)F)on3)C2)CC1. The van der Waals surface area contributed by atoms with Crippen molar-refractivity contribution >= 4 is 6.09 Å². The van der Waals surface area contributed by atoms with Gasteiger partial charge in [-0.1, -0.05) is 5.16 Å². The van der Waals surface area contributed by atoms with Gasteiger partial charge in [0.2, 0.25) is 5.76 Å². The summed E-state index contributed by atoms with van der Waals surface area (Å²) in [4.78, 5) is 14.3. The van der Waals surface area contributed by atoms with Crippen LogP contribution < -0.4 is 5.32 Å². The quantitative estimate of drug-likeness (QED) is 0.712. The maximum Gasteiger partial charge on any atom is 0.452 e. The van der Waals surface area contributed by atoms with Crippen LogP contribution >= 0.6 is 0 Å². The number of nitrogens with one attached hydrogen (secondary N) is 1. The molecule has 2 heterocycles. The third-order valence-electron chi connectivity index (χ3n) is 6.94. The van der Waals surface area contributed by atoms with Crippen molar-refractivity contribution in [1.82, 2.24) is 15.4 Å². The van der Waals surface area contributed by atoms with E-state index in [9.17, 15) is 18.0 Å². The first-order chi connectivity index (χ1) is 14.4. The lowest BCUT2D eigenvalue weighted by molar-refractivity contribution is -0.155. The molecule has 1 aliphatic heterocycles. The first kappa shape index (κ1) is 22.4. The molecule has 31 heavy (non-hydrogen) atoms. The van der Waals surface area contributed by atoms with Crippen LogP contribution in [0.5, 0.6) is 0 Å². The number of halogens is 3. The molecule has 0 radical (unpaired) electrons. The van der Waals surface area contributed by atoms with E-state index in [2.05, 4.69) is 19.9 Å². The molecule has 3 fully saturated rings. The fourth-order valence-corrected chi connectivity index (χ4v) is 5.23. The summed E-state index contributed by atoms with van der Waals surface area (Å²) in [6, 6.07) is 1.26. The number of hydrogen-bond acceptors (Lipinski definition) is 5. The first-order valence-corrected chi connectivity index (χ1v) is 11.2. The molecule has 4 rings (SSSR count). The van der Waals surface area contributed by atoms with Crippen molar-refractivity contribution in [2.24, 2.45) is 11.8 Å². The zero-order valence-corrected chi connectivity index (χ0v) is 18.4. The minimum atomic E-state index is -4.48. The summed E-state index contributed by atoms with van der Waals surface area (Å²) in [6.07, 6.45) is 1.19. The van der Waals surface area contributed by atoms with Crippen molar-refractivity contribution in [3.8, 4) is 0 Å². The van der Waals surface area contributed by atoms with Crippen LogP contribution in [0.3, 0.4) is 0 Å². The van der Waals surface area contributed by atoms with Gasteiger partial charge in [0.1, 0.15) is 5.60 Å². The molecule has 2 aliphatic carbocycles. The van der Waals surface area contributed by atoms with Crippen LogP contribution in [0, 0.1) is 11.8 Å². The van der Waals surface area contributed by atoms with E-state index in [0.29, 0.717) is 17.5 Å². The number of aromatic nitrogens is 1. The van der Waals surface area contributed by atoms with Crippen molar-refractivity contribution in [2.45, 2.75) is 82.5 Å². The maximum atomic E-state index is 12.8. The molecule has 1 amide bonds. The molecule has 1 unspecified atom stereocenters. The summed E-state index contributed by atoms with van der Waals surface area (Å²) in [5.41, 5.74) is -0.279. The van der Waals surface area contributed by atoms with Gasteiger partial charge in [-0.2, -0.15) is 13.2 Å². The molecule has 3 aliphatic rings. The molecule has 0 bridgehead atoms. The molecule has 1 aromatic heterocycles. The number of alkyl halides is 3. The Morgan fingerprint density at radius 1 is 1.29 bits per heavy atom. The number of amides is 1. The van der Waals surface area contributed by atoms with Crippen LogP contribution in [-0.2, 0) is 16.3 Å². The van der Waals surface area contributed by atoms with E-state index in [1.54, 1.807) is 0 Å². The maximum absolute atomic E-state index is 12.8. The van der Waals surface area contributed by atoms with Gasteiger partial charge in [-0.25, -0.2) is 4.79 Å². The molecule has 1 aromatic rings. The second-order valence-electron chi connectivity index (χ2n) is 10.5. The number of hydrogen-bond donors (Lipinski definition) is 1. The number of ether oxygens (including phenoxy) is 1. The Kier molecular flexibility index (Phi) is 5.77. The van der Waals surface area contributed by atoms with Gasteiger partial charge in [0.25, 0.3) is 0 Å². The van der Waals surface area contributed by atoms with Gasteiger partial charge >= 0.3 is 12.3 Å². The van der Waals surface area contributed by atoms with Crippen LogP contribution in [0.15, 0.2) is 10.6 Å². The Balaban J connectivity index is 1.19. The number of fused-ring (bicyclic) bond motifs is 1. The van der Waals surface area contributed by atoms with Crippen LogP contribution in [0.2, 0.25) is 0 Å². The van der Waals surface area contributed by atoms with Crippen LogP contribution in [0.4, 0.5) is 18.0 Å². The molecule has 0 spiro atoms. The van der Waals surface area contributed by atoms with E-state index >= 15 is 0 Å². The number of nitrogens with zero attached hydrogens (tertiary/aromatic N) is 2. The van der Waals surface area contributed by atoms with Gasteiger partial charge in [0.05, 0.1) is 5.69 Å². The van der Waals surface area contributed by atoms with Gasteiger partial charge in [0.15, 0.2) is 0 Å². The summed E-state index contributed by atoms with van der Waals surface area (Å²) >= 11 is 0. The third-order valence-corrected chi connectivity index (χ3v) is 6.94. The fraction of sp³-hybridized carbons (Fsp3) is 0.818. The average Bonchev–Trinajstić information content (AvgIpc) is 3.03. The predicted molar refractivity (Wildman–Crippen MR) is 107 cm³/mol. The van der Waals surface area contributed by atoms with Crippen molar-refractivity contribution in [3.05, 3.63) is 17.5 Å². The predicted octanol–water partition coefficient (Wildman–Crippen LogP) is 4.74. The molecule has 2 saturated carbocycles. The van der Waals surface area contributed by atoms with E-state index in [-0.39, 0.29) is 17.6 Å². The Labute approximate surface area is 180 Å². The van der Waals surface area contributed by atoms with Gasteiger partial charge in [-0.3, -0.25) is 0 Å². The van der Waals surface area contributed by atoms with E-state index in [1.807, 2.05) is 20.8 Å². The molecular weight excluding hydrogens is 411 g/mol. The highest BCUT2D eigenvalue weighted by molar-refractivity contribution is 5.68. The molecule has 1 N–H and O–H groups in total. The summed E-state index contributed by atoms with van der Waals surface area (Å²) in [5.74, 6) is -0.00128. The molecule has 6 nitrogen and oxygen atoms in total. The average molecular weight is 444 g/mol. The standard InChI is InChI=1S/C22H32F3N3O3/c1-20(2,3)30-19(29)26-16-6-4-14(5-7-16)8-9-28-12-15-11-21(15,13-28)17-10-18(31-27-17)22(23,24)25/h10,14-16H,4-9,11-13H2,1-3H3,(H,26,29)/t14?,15?,16?,21-/m0/s1. The molecular formula is C22H32F3N3O3. The number of piperidine rings is 1. The van der Waals surface area contributed by atoms with Crippen LogP contribution in [0.25, 0.3) is 0 Å². The smallest absolute Gasteiger partial charge is 0.444 e. The lowest BCUT2D eigenvalue weighted by atomic mass is 9.84. The molecule has 0 aromatic carbocycles. The minimum Gasteiger partial charge on any atom is -0.444 e. The van der Waals surface area contributed by atoms with Gasteiger partial charge in [-0.05, 0) is 77.7 Å². The second-order valence-corrected chi connectivity index (χ2v) is 10.5. The van der Waals surface area contributed by atoms with Crippen LogP contribution in [0.1, 0.15) is 70.8 Å². The Morgan fingerprint density at radius 2 is 2.00 bits per heavy atom. The zero-order chi connectivity index (χ0) is 22.4. The van der Waals surface area contributed by atoms with E-state index in [0.717, 1.165) is 64.2 Å². The number of rotatable bonds is 5. The highest BCUT2D eigenvalue weighted by Gasteiger charge is 2.62. The van der Waals surface area contributed by atoms with E-state index < -0.39 is 17.5 Å². The molecule has 2 atom stereocenters. The Morgan fingerprint density at radius 3 is 2.61 bits per heavy atom. The second kappa shape index (κ2) is 7.98. The van der Waals surface area contributed by atoms with Gasteiger partial charge in [0, 0.05) is 30.6 Å². The third kappa shape index (κ3) is 5.18. The highest BCUT2D eigenvalue weighted by Crippen LogP contribution is 2.59. The van der Waals surface area contributed by atoms with Crippen molar-refractivity contribution in [3.63, 3.8) is 0 Å². The van der Waals surface area contributed by atoms with Crippen molar-refractivity contribution < 1.29 is 27.2 Å². The monoisotopic (exact) mass is 443 g/mol. The van der Waals surface area contributed by atoms with E-state index in [1.165, 1.54) is 0 Å². The lowest BCUT2D eigenvalue weighted by Gasteiger charge is -2.31. The Bertz CT molecular complexity index is 796. The lowest BCUT2D eigenvalue weighted by Crippen LogP contribution is -2.41. The summed E-state index contributed by atoms with van der Waals surface area (Å²) in [7, 11) is 0. The fourth-order valence-electron chi connectivity index (χ4n) is 5.23. The largest absolute Gasteiger partial charge is 0.452 e. The number of likely N-dealkylation sites (tertiary alicyclic amines) is 1. The Hall–Kier alpha value is -1.77. The summed E-state index contributed by atoms with van der Waals surface area (Å²) in [5, 5.41) is 6.72. The topological polar surface area (TPSA) is 67.6 Å². The highest BCUT2D eigenvalue weighted by atomic mass is 19.4. The minimum absolute atomic E-state index is 0.170. The first-order valence-electron chi connectivity index (χ1n) is 11.2. The van der Waals surface area contributed by atoms with Crippen molar-refractivity contribution in [2.75, 3.05) is 19.6 Å². The van der Waals surface area contributed by atoms with E-state index in [4.69, 9.17) is 4.74 Å².